The first-order chi connectivity index (χ1) is 14.4. The number of rotatable bonds is 9. The first-order valence-corrected chi connectivity index (χ1v) is 8.58. The van der Waals surface area contributed by atoms with Gasteiger partial charge in [0.05, 0.1) is 18.7 Å². The van der Waals surface area contributed by atoms with Gasteiger partial charge in [-0.25, -0.2) is 15.6 Å². The molecule has 31 heavy (non-hydrogen) atoms. The van der Waals surface area contributed by atoms with Crippen LogP contribution in [-0.4, -0.2) is 59.1 Å². The Bertz CT molecular complexity index is 801. The number of amides is 2. The molecule has 1 unspecified atom stereocenters. The SMILES string of the molecule is CCC(CC(=O)O)NC(=O)CNC(=O)c1cccc(N=CNN)c1.O=C(O)C(F)(F)F. The van der Waals surface area contributed by atoms with E-state index in [0.29, 0.717) is 17.7 Å². The summed E-state index contributed by atoms with van der Waals surface area (Å²) in [6, 6.07) is 6.00. The highest BCUT2D eigenvalue weighted by molar-refractivity contribution is 5.97. The van der Waals surface area contributed by atoms with Crippen molar-refractivity contribution in [1.29, 1.82) is 0 Å². The standard InChI is InChI=1S/C15H21N5O4.C2HF3O2/c1-2-11(7-14(22)23)20-13(21)8-17-15(24)10-4-3-5-12(6-10)18-9-19-16;3-2(4,5)1(6)7/h3-6,9,11H,2,7-8,16H2,1H3,(H,17,24)(H,18,19)(H,20,21)(H,22,23);(H,6,7). The van der Waals surface area contributed by atoms with Crippen molar-refractivity contribution in [2.75, 3.05) is 6.54 Å². The first kappa shape index (κ1) is 27.3. The number of hydrazine groups is 1. The lowest BCUT2D eigenvalue weighted by atomic mass is 10.1. The molecule has 0 aromatic heterocycles. The molecular weight excluding hydrogens is 427 g/mol. The molecule has 1 aromatic carbocycles. The molecule has 1 aromatic rings. The molecular formula is C17H22F3N5O6. The molecule has 11 nitrogen and oxygen atoms in total. The van der Waals surface area contributed by atoms with Crippen LogP contribution >= 0.6 is 0 Å². The maximum Gasteiger partial charge on any atom is 0.490 e. The molecule has 1 rings (SSSR count). The highest BCUT2D eigenvalue weighted by Gasteiger charge is 2.38. The Labute approximate surface area is 174 Å². The zero-order chi connectivity index (χ0) is 24.0. The number of carboxylic acids is 2. The number of nitrogens with two attached hydrogens (primary N) is 1. The summed E-state index contributed by atoms with van der Waals surface area (Å²) in [6.07, 6.45) is -3.48. The molecule has 0 spiro atoms. The zero-order valence-corrected chi connectivity index (χ0v) is 16.3. The number of benzene rings is 1. The molecule has 0 aliphatic rings. The predicted molar refractivity (Wildman–Crippen MR) is 102 cm³/mol. The largest absolute Gasteiger partial charge is 0.490 e. The van der Waals surface area contributed by atoms with Gasteiger partial charge in [-0.1, -0.05) is 13.0 Å². The second kappa shape index (κ2) is 13.5. The van der Waals surface area contributed by atoms with Gasteiger partial charge in [0.2, 0.25) is 5.91 Å². The Morgan fingerprint density at radius 1 is 1.23 bits per heavy atom. The van der Waals surface area contributed by atoms with Crippen LogP contribution in [0, 0.1) is 0 Å². The highest BCUT2D eigenvalue weighted by atomic mass is 19.4. The number of hydrogen-bond acceptors (Lipinski definition) is 6. The smallest absolute Gasteiger partial charge is 0.481 e. The van der Waals surface area contributed by atoms with E-state index in [-0.39, 0.29) is 13.0 Å². The van der Waals surface area contributed by atoms with Crippen molar-refractivity contribution in [3.63, 3.8) is 0 Å². The van der Waals surface area contributed by atoms with Crippen LogP contribution in [0.5, 0.6) is 0 Å². The van der Waals surface area contributed by atoms with Gasteiger partial charge in [0.1, 0.15) is 6.34 Å². The van der Waals surface area contributed by atoms with Gasteiger partial charge < -0.3 is 26.3 Å². The van der Waals surface area contributed by atoms with Crippen molar-refractivity contribution in [1.82, 2.24) is 16.1 Å². The van der Waals surface area contributed by atoms with Crippen molar-refractivity contribution < 1.29 is 42.6 Å². The summed E-state index contributed by atoms with van der Waals surface area (Å²) in [6.45, 7) is 1.53. The van der Waals surface area contributed by atoms with Crippen LogP contribution in [0.4, 0.5) is 18.9 Å². The summed E-state index contributed by atoms with van der Waals surface area (Å²) >= 11 is 0. The van der Waals surface area contributed by atoms with Crippen LogP contribution in [0.1, 0.15) is 30.1 Å². The normalized spacial score (nSPS) is 11.6. The lowest BCUT2D eigenvalue weighted by molar-refractivity contribution is -0.192. The second-order valence-electron chi connectivity index (χ2n) is 5.73. The minimum absolute atomic E-state index is 0.161. The number of aliphatic carboxylic acids is 2. The number of hydrogen-bond donors (Lipinski definition) is 6. The van der Waals surface area contributed by atoms with Crippen LogP contribution in [0.25, 0.3) is 0 Å². The van der Waals surface area contributed by atoms with E-state index in [0.717, 1.165) is 0 Å². The second-order valence-corrected chi connectivity index (χ2v) is 5.73. The van der Waals surface area contributed by atoms with Gasteiger partial charge in [0.25, 0.3) is 5.91 Å². The molecule has 0 aliphatic heterocycles. The highest BCUT2D eigenvalue weighted by Crippen LogP contribution is 2.13. The van der Waals surface area contributed by atoms with E-state index >= 15 is 0 Å². The fourth-order valence-corrected chi connectivity index (χ4v) is 1.89. The molecule has 0 aliphatic carbocycles. The molecule has 2 amide bonds. The number of alkyl halides is 3. The van der Waals surface area contributed by atoms with Gasteiger partial charge in [-0.15, -0.1) is 0 Å². The fourth-order valence-electron chi connectivity index (χ4n) is 1.89. The zero-order valence-electron chi connectivity index (χ0n) is 16.3. The molecule has 0 heterocycles. The van der Waals surface area contributed by atoms with Gasteiger partial charge >= 0.3 is 18.1 Å². The van der Waals surface area contributed by atoms with Gasteiger partial charge in [-0.2, -0.15) is 13.2 Å². The average molecular weight is 449 g/mol. The summed E-state index contributed by atoms with van der Waals surface area (Å²) in [5, 5.41) is 20.9. The van der Waals surface area contributed by atoms with Gasteiger partial charge in [-0.05, 0) is 24.6 Å². The number of carboxylic acid groups (broad SMARTS) is 2. The summed E-state index contributed by atoms with van der Waals surface area (Å²) in [5.41, 5.74) is 3.12. The van der Waals surface area contributed by atoms with E-state index in [4.69, 9.17) is 20.9 Å². The molecule has 0 saturated heterocycles. The maximum absolute atomic E-state index is 12.0. The quantitative estimate of drug-likeness (QED) is 0.137. The van der Waals surface area contributed by atoms with Crippen LogP contribution < -0.4 is 21.9 Å². The van der Waals surface area contributed by atoms with E-state index < -0.39 is 36.0 Å². The van der Waals surface area contributed by atoms with E-state index in [1.807, 2.05) is 0 Å². The summed E-state index contributed by atoms with van der Waals surface area (Å²) < 4.78 is 31.7. The maximum atomic E-state index is 12.0. The number of halogens is 3. The molecule has 172 valence electrons. The molecule has 14 heteroatoms. The molecule has 0 saturated carbocycles. The van der Waals surface area contributed by atoms with E-state index in [1.165, 1.54) is 6.34 Å². The molecule has 0 bridgehead atoms. The number of carbonyl (C=O) groups excluding carboxylic acids is 2. The number of carbonyl (C=O) groups is 4. The third kappa shape index (κ3) is 12.5. The Morgan fingerprint density at radius 3 is 2.32 bits per heavy atom. The average Bonchev–Trinajstić information content (AvgIpc) is 2.69. The molecule has 7 N–H and O–H groups in total. The summed E-state index contributed by atoms with van der Waals surface area (Å²) in [4.78, 5) is 47.3. The molecule has 0 fully saturated rings. The van der Waals surface area contributed by atoms with Crippen molar-refractivity contribution >= 4 is 35.8 Å². The monoisotopic (exact) mass is 449 g/mol. The van der Waals surface area contributed by atoms with Crippen molar-refractivity contribution in [2.45, 2.75) is 32.0 Å². The van der Waals surface area contributed by atoms with E-state index in [1.54, 1.807) is 31.2 Å². The Morgan fingerprint density at radius 2 is 1.84 bits per heavy atom. The lowest BCUT2D eigenvalue weighted by Crippen LogP contribution is -2.42. The summed E-state index contributed by atoms with van der Waals surface area (Å²) in [5.74, 6) is 0.447. The summed E-state index contributed by atoms with van der Waals surface area (Å²) in [7, 11) is 0. The first-order valence-electron chi connectivity index (χ1n) is 8.58. The van der Waals surface area contributed by atoms with Crippen LogP contribution in [0.15, 0.2) is 29.3 Å². The Balaban J connectivity index is 0.00000110. The Hall–Kier alpha value is -3.68. The van der Waals surface area contributed by atoms with Crippen LogP contribution in [-0.2, 0) is 14.4 Å². The fraction of sp³-hybridized carbons (Fsp3) is 0.353. The Kier molecular flexibility index (Phi) is 11.9. The van der Waals surface area contributed by atoms with Gasteiger partial charge in [0.15, 0.2) is 0 Å². The lowest BCUT2D eigenvalue weighted by Gasteiger charge is -2.15. The van der Waals surface area contributed by atoms with Gasteiger partial charge in [-0.3, -0.25) is 14.4 Å². The minimum atomic E-state index is -5.08. The molecule has 1 atom stereocenters. The number of nitrogens with one attached hydrogen (secondary N) is 3. The van der Waals surface area contributed by atoms with E-state index in [9.17, 15) is 27.6 Å². The van der Waals surface area contributed by atoms with Crippen molar-refractivity contribution in [2.24, 2.45) is 10.8 Å². The number of nitrogens with zero attached hydrogens (tertiary/aromatic N) is 1. The third-order valence-electron chi connectivity index (χ3n) is 3.33. The van der Waals surface area contributed by atoms with Crippen molar-refractivity contribution in [3.8, 4) is 0 Å². The predicted octanol–water partition coefficient (Wildman–Crippen LogP) is 0.542. The van der Waals surface area contributed by atoms with Crippen LogP contribution in [0.3, 0.4) is 0 Å². The minimum Gasteiger partial charge on any atom is -0.481 e. The van der Waals surface area contributed by atoms with Gasteiger partial charge in [0, 0.05) is 11.6 Å². The molecule has 0 radical (unpaired) electrons. The number of aliphatic imine (C=N–C) groups is 1. The van der Waals surface area contributed by atoms with Crippen molar-refractivity contribution in [3.05, 3.63) is 29.8 Å². The topological polar surface area (TPSA) is 183 Å². The third-order valence-corrected chi connectivity index (χ3v) is 3.33. The van der Waals surface area contributed by atoms with E-state index in [2.05, 4.69) is 21.1 Å². The van der Waals surface area contributed by atoms with Crippen LogP contribution in [0.2, 0.25) is 0 Å².